The average molecular weight is 191 g/mol. The molecule has 0 atom stereocenters. The minimum atomic E-state index is 0.153. The van der Waals surface area contributed by atoms with Crippen molar-refractivity contribution in [2.45, 2.75) is 6.42 Å². The van der Waals surface area contributed by atoms with Gasteiger partial charge in [0.25, 0.3) is 0 Å². The summed E-state index contributed by atoms with van der Waals surface area (Å²) in [5.41, 5.74) is 7.81. The van der Waals surface area contributed by atoms with Gasteiger partial charge in [0, 0.05) is 6.42 Å². The Kier molecular flexibility index (Phi) is 2.02. The summed E-state index contributed by atoms with van der Waals surface area (Å²) in [5.74, 6) is 0.153. The van der Waals surface area contributed by atoms with Crippen molar-refractivity contribution in [3.63, 3.8) is 0 Å². The standard InChI is InChI=1S/C8H9N5O/c9-7(12-14)4-5-2-1-3-6-8(5)11-13-10-6/h1-3,14H,4H2,(H2,9,12)(H,10,11,13). The lowest BCUT2D eigenvalue weighted by molar-refractivity contribution is 0.317. The Bertz CT molecular complexity index is 475. The van der Waals surface area contributed by atoms with Crippen LogP contribution in [0.5, 0.6) is 0 Å². The number of rotatable bonds is 2. The van der Waals surface area contributed by atoms with Gasteiger partial charge in [0.2, 0.25) is 0 Å². The normalized spacial score (nSPS) is 12.1. The van der Waals surface area contributed by atoms with Crippen LogP contribution in [0, 0.1) is 0 Å². The summed E-state index contributed by atoms with van der Waals surface area (Å²) in [7, 11) is 0. The van der Waals surface area contributed by atoms with Crippen LogP contribution < -0.4 is 5.73 Å². The molecule has 1 aromatic heterocycles. The van der Waals surface area contributed by atoms with Crippen LogP contribution >= 0.6 is 0 Å². The van der Waals surface area contributed by atoms with E-state index in [0.717, 1.165) is 16.6 Å². The summed E-state index contributed by atoms with van der Waals surface area (Å²) < 4.78 is 0. The summed E-state index contributed by atoms with van der Waals surface area (Å²) in [5, 5.41) is 21.8. The molecule has 0 amide bonds. The van der Waals surface area contributed by atoms with Crippen molar-refractivity contribution in [3.05, 3.63) is 23.8 Å². The van der Waals surface area contributed by atoms with Crippen molar-refractivity contribution in [3.8, 4) is 0 Å². The Morgan fingerprint density at radius 2 is 2.36 bits per heavy atom. The van der Waals surface area contributed by atoms with Gasteiger partial charge in [-0.05, 0) is 11.6 Å². The molecule has 0 saturated carbocycles. The van der Waals surface area contributed by atoms with E-state index in [-0.39, 0.29) is 5.84 Å². The summed E-state index contributed by atoms with van der Waals surface area (Å²) in [4.78, 5) is 0. The highest BCUT2D eigenvalue weighted by molar-refractivity contribution is 5.87. The lowest BCUT2D eigenvalue weighted by Gasteiger charge is -1.98. The maximum Gasteiger partial charge on any atom is 0.143 e. The molecule has 2 aromatic rings. The zero-order valence-corrected chi connectivity index (χ0v) is 7.31. The number of benzene rings is 1. The van der Waals surface area contributed by atoms with Gasteiger partial charge in [-0.3, -0.25) is 0 Å². The number of para-hydroxylation sites is 1. The van der Waals surface area contributed by atoms with E-state index in [4.69, 9.17) is 10.9 Å². The molecule has 72 valence electrons. The molecule has 0 spiro atoms. The highest BCUT2D eigenvalue weighted by atomic mass is 16.4. The van der Waals surface area contributed by atoms with Gasteiger partial charge in [-0.25, -0.2) is 0 Å². The van der Waals surface area contributed by atoms with Gasteiger partial charge in [-0.2, -0.15) is 15.4 Å². The maximum absolute atomic E-state index is 8.44. The first-order valence-electron chi connectivity index (χ1n) is 4.06. The summed E-state index contributed by atoms with van der Waals surface area (Å²) in [6.45, 7) is 0. The number of nitrogens with two attached hydrogens (primary N) is 1. The van der Waals surface area contributed by atoms with E-state index < -0.39 is 0 Å². The second-order valence-electron chi connectivity index (χ2n) is 2.88. The van der Waals surface area contributed by atoms with Crippen LogP contribution in [0.25, 0.3) is 11.0 Å². The molecular formula is C8H9N5O. The van der Waals surface area contributed by atoms with Crippen LogP contribution in [0.2, 0.25) is 0 Å². The third kappa shape index (κ3) is 1.37. The molecule has 0 saturated heterocycles. The molecule has 1 aromatic carbocycles. The number of oxime groups is 1. The topological polar surface area (TPSA) is 100 Å². The minimum Gasteiger partial charge on any atom is -0.409 e. The largest absolute Gasteiger partial charge is 0.409 e. The molecule has 0 radical (unpaired) electrons. The molecule has 0 fully saturated rings. The second kappa shape index (κ2) is 3.33. The van der Waals surface area contributed by atoms with Gasteiger partial charge < -0.3 is 10.9 Å². The fourth-order valence-corrected chi connectivity index (χ4v) is 1.30. The zero-order chi connectivity index (χ0) is 9.97. The molecule has 14 heavy (non-hydrogen) atoms. The predicted octanol–water partition coefficient (Wildman–Crippen LogP) is 0.247. The Labute approximate surface area is 79.4 Å². The lowest BCUT2D eigenvalue weighted by Crippen LogP contribution is -2.14. The molecule has 2 rings (SSSR count). The Morgan fingerprint density at radius 3 is 3.14 bits per heavy atom. The van der Waals surface area contributed by atoms with E-state index in [0.29, 0.717) is 6.42 Å². The molecule has 6 nitrogen and oxygen atoms in total. The van der Waals surface area contributed by atoms with Crippen LogP contribution in [0.15, 0.2) is 23.4 Å². The molecule has 0 bridgehead atoms. The van der Waals surface area contributed by atoms with Gasteiger partial charge in [-0.1, -0.05) is 17.3 Å². The Morgan fingerprint density at radius 1 is 1.50 bits per heavy atom. The first-order valence-corrected chi connectivity index (χ1v) is 4.06. The average Bonchev–Trinajstić information content (AvgIpc) is 2.66. The molecule has 0 aliphatic rings. The summed E-state index contributed by atoms with van der Waals surface area (Å²) in [6.07, 6.45) is 0.361. The van der Waals surface area contributed by atoms with E-state index in [1.165, 1.54) is 0 Å². The molecular weight excluding hydrogens is 182 g/mol. The van der Waals surface area contributed by atoms with E-state index in [1.807, 2.05) is 18.2 Å². The number of amidine groups is 1. The molecule has 6 heteroatoms. The van der Waals surface area contributed by atoms with Crippen LogP contribution in [0.1, 0.15) is 5.56 Å². The number of aromatic amines is 1. The van der Waals surface area contributed by atoms with Gasteiger partial charge in [0.05, 0.1) is 0 Å². The monoisotopic (exact) mass is 191 g/mol. The molecule has 0 aliphatic carbocycles. The first-order chi connectivity index (χ1) is 6.81. The minimum absolute atomic E-state index is 0.153. The van der Waals surface area contributed by atoms with E-state index in [1.54, 1.807) is 0 Å². The van der Waals surface area contributed by atoms with Gasteiger partial charge in [-0.15, -0.1) is 0 Å². The third-order valence-electron chi connectivity index (χ3n) is 1.93. The van der Waals surface area contributed by atoms with E-state index in [2.05, 4.69) is 20.6 Å². The number of hydrogen-bond acceptors (Lipinski definition) is 4. The third-order valence-corrected chi connectivity index (χ3v) is 1.93. The van der Waals surface area contributed by atoms with Gasteiger partial charge >= 0.3 is 0 Å². The Hall–Kier alpha value is -2.11. The fraction of sp³-hybridized carbons (Fsp3) is 0.125. The maximum atomic E-state index is 8.44. The molecule has 0 aliphatic heterocycles. The SMILES string of the molecule is N/C(Cc1cccc2n[nH]nc12)=N\O. The second-order valence-corrected chi connectivity index (χ2v) is 2.88. The summed E-state index contributed by atoms with van der Waals surface area (Å²) >= 11 is 0. The van der Waals surface area contributed by atoms with Crippen molar-refractivity contribution < 1.29 is 5.21 Å². The quantitative estimate of drug-likeness (QED) is 0.274. The van der Waals surface area contributed by atoms with Crippen LogP contribution in [0.4, 0.5) is 0 Å². The number of nitrogens with zero attached hydrogens (tertiary/aromatic N) is 3. The van der Waals surface area contributed by atoms with Crippen molar-refractivity contribution in [2.75, 3.05) is 0 Å². The smallest absolute Gasteiger partial charge is 0.143 e. The summed E-state index contributed by atoms with van der Waals surface area (Å²) in [6, 6.07) is 5.56. The lowest BCUT2D eigenvalue weighted by atomic mass is 10.1. The number of aromatic nitrogens is 3. The first kappa shape index (κ1) is 8.49. The molecule has 1 heterocycles. The highest BCUT2D eigenvalue weighted by Crippen LogP contribution is 2.13. The number of fused-ring (bicyclic) bond motifs is 1. The van der Waals surface area contributed by atoms with Crippen LogP contribution in [-0.4, -0.2) is 26.5 Å². The van der Waals surface area contributed by atoms with E-state index >= 15 is 0 Å². The predicted molar refractivity (Wildman–Crippen MR) is 51.0 cm³/mol. The van der Waals surface area contributed by atoms with Gasteiger partial charge in [0.1, 0.15) is 16.9 Å². The highest BCUT2D eigenvalue weighted by Gasteiger charge is 2.05. The van der Waals surface area contributed by atoms with Crippen LogP contribution in [-0.2, 0) is 6.42 Å². The number of H-pyrrole nitrogens is 1. The van der Waals surface area contributed by atoms with Crippen molar-refractivity contribution in [1.29, 1.82) is 0 Å². The van der Waals surface area contributed by atoms with Crippen LogP contribution in [0.3, 0.4) is 0 Å². The molecule has 4 N–H and O–H groups in total. The zero-order valence-electron chi connectivity index (χ0n) is 7.31. The number of nitrogens with one attached hydrogen (secondary N) is 1. The van der Waals surface area contributed by atoms with E-state index in [9.17, 15) is 0 Å². The van der Waals surface area contributed by atoms with Gasteiger partial charge in [0.15, 0.2) is 0 Å². The van der Waals surface area contributed by atoms with Crippen molar-refractivity contribution >= 4 is 16.9 Å². The van der Waals surface area contributed by atoms with Crippen molar-refractivity contribution in [2.24, 2.45) is 10.9 Å². The Balaban J connectivity index is 2.46. The molecule has 0 unspecified atom stereocenters. The fourth-order valence-electron chi connectivity index (χ4n) is 1.30. The van der Waals surface area contributed by atoms with Crippen molar-refractivity contribution in [1.82, 2.24) is 15.4 Å². The number of hydrogen-bond donors (Lipinski definition) is 3.